The molecule has 0 bridgehead atoms. The van der Waals surface area contributed by atoms with Gasteiger partial charge >= 0.3 is 5.97 Å². The van der Waals surface area contributed by atoms with Gasteiger partial charge in [0.2, 0.25) is 0 Å². The number of epoxide rings is 2. The van der Waals surface area contributed by atoms with Crippen LogP contribution in [0, 0.1) is 0 Å². The van der Waals surface area contributed by atoms with E-state index in [2.05, 4.69) is 4.74 Å². The molecule has 2 rings (SSSR count). The second-order valence-electron chi connectivity index (χ2n) is 2.85. The number of hydrogen-bond donors (Lipinski definition) is 0. The third-order valence-corrected chi connectivity index (χ3v) is 2.04. The monoisotopic (exact) mass is 158 g/mol. The summed E-state index contributed by atoms with van der Waals surface area (Å²) in [7, 11) is 1.36. The number of carbonyl (C=O) groups excluding carboxylic acids is 1. The summed E-state index contributed by atoms with van der Waals surface area (Å²) in [6.45, 7) is 1.96. The minimum absolute atomic E-state index is 0.0440. The predicted molar refractivity (Wildman–Crippen MR) is 35.0 cm³/mol. The highest BCUT2D eigenvalue weighted by Gasteiger charge is 2.59. The van der Waals surface area contributed by atoms with Gasteiger partial charge in [0.1, 0.15) is 12.2 Å². The van der Waals surface area contributed by atoms with Crippen molar-refractivity contribution < 1.29 is 19.0 Å². The minimum atomic E-state index is -0.366. The zero-order chi connectivity index (χ0) is 8.01. The maximum Gasteiger partial charge on any atom is 0.337 e. The molecule has 0 aromatic carbocycles. The Kier molecular flexibility index (Phi) is 1.40. The Labute approximate surface area is 64.4 Å². The summed E-state index contributed by atoms with van der Waals surface area (Å²) in [6.07, 6.45) is -0.0406. The first-order valence-corrected chi connectivity index (χ1v) is 3.63. The molecule has 0 unspecified atom stereocenters. The van der Waals surface area contributed by atoms with E-state index in [9.17, 15) is 4.79 Å². The molecule has 2 saturated heterocycles. The number of ether oxygens (including phenoxy) is 3. The van der Waals surface area contributed by atoms with Gasteiger partial charge in [-0.3, -0.25) is 0 Å². The van der Waals surface area contributed by atoms with Gasteiger partial charge < -0.3 is 14.2 Å². The Balaban J connectivity index is 1.82. The summed E-state index contributed by atoms with van der Waals surface area (Å²) in [5.41, 5.74) is 0. The summed E-state index contributed by atoms with van der Waals surface area (Å²) in [6, 6.07) is 0. The van der Waals surface area contributed by atoms with Crippen molar-refractivity contribution in [1.82, 2.24) is 0 Å². The van der Waals surface area contributed by atoms with Crippen molar-refractivity contribution in [2.45, 2.75) is 31.3 Å². The van der Waals surface area contributed by atoms with Crippen LogP contribution >= 0.6 is 0 Å². The molecule has 0 aliphatic carbocycles. The van der Waals surface area contributed by atoms with Crippen LogP contribution in [-0.2, 0) is 19.0 Å². The average molecular weight is 158 g/mol. The first-order chi connectivity index (χ1) is 5.24. The smallest absolute Gasteiger partial charge is 0.337 e. The molecule has 0 aromatic rings. The molecule has 2 heterocycles. The van der Waals surface area contributed by atoms with E-state index in [1.54, 1.807) is 0 Å². The molecule has 0 radical (unpaired) electrons. The zero-order valence-electron chi connectivity index (χ0n) is 6.44. The topological polar surface area (TPSA) is 51.4 Å². The molecule has 0 spiro atoms. The van der Waals surface area contributed by atoms with Crippen LogP contribution in [0.2, 0.25) is 0 Å². The van der Waals surface area contributed by atoms with Crippen LogP contribution in [0.5, 0.6) is 0 Å². The second kappa shape index (κ2) is 2.19. The fourth-order valence-corrected chi connectivity index (χ4v) is 1.23. The summed E-state index contributed by atoms with van der Waals surface area (Å²) in [5, 5.41) is 0. The maximum atomic E-state index is 10.8. The molecule has 2 fully saturated rings. The van der Waals surface area contributed by atoms with Gasteiger partial charge in [0.05, 0.1) is 13.2 Å². The summed E-state index contributed by atoms with van der Waals surface area (Å²) in [4.78, 5) is 10.8. The Morgan fingerprint density at radius 2 is 2.00 bits per heavy atom. The van der Waals surface area contributed by atoms with E-state index >= 15 is 0 Å². The Bertz CT molecular complexity index is 191. The predicted octanol–water partition coefficient (Wildman–Crippen LogP) is -0.286. The summed E-state index contributed by atoms with van der Waals surface area (Å²) >= 11 is 0. The molecule has 4 atom stereocenters. The lowest BCUT2D eigenvalue weighted by molar-refractivity contribution is -0.142. The van der Waals surface area contributed by atoms with Gasteiger partial charge in [-0.25, -0.2) is 4.79 Å². The molecule has 0 saturated carbocycles. The molecule has 11 heavy (non-hydrogen) atoms. The molecule has 4 nitrogen and oxygen atoms in total. The lowest BCUT2D eigenvalue weighted by atomic mass is 10.2. The molecule has 2 aliphatic heterocycles. The van der Waals surface area contributed by atoms with E-state index in [-0.39, 0.29) is 30.4 Å². The number of hydrogen-bond acceptors (Lipinski definition) is 4. The van der Waals surface area contributed by atoms with Crippen molar-refractivity contribution in [2.75, 3.05) is 7.11 Å². The van der Waals surface area contributed by atoms with Crippen molar-refractivity contribution in [2.24, 2.45) is 0 Å². The molecule has 0 N–H and O–H groups in total. The Hall–Kier alpha value is -0.610. The molecular weight excluding hydrogens is 148 g/mol. The fraction of sp³-hybridized carbons (Fsp3) is 0.857. The van der Waals surface area contributed by atoms with Crippen LogP contribution in [0.15, 0.2) is 0 Å². The third-order valence-electron chi connectivity index (χ3n) is 2.04. The van der Waals surface area contributed by atoms with Crippen LogP contribution < -0.4 is 0 Å². The van der Waals surface area contributed by atoms with Crippen molar-refractivity contribution in [3.05, 3.63) is 0 Å². The second-order valence-corrected chi connectivity index (χ2v) is 2.85. The molecule has 0 aromatic heterocycles. The van der Waals surface area contributed by atoms with Crippen molar-refractivity contribution >= 4 is 5.97 Å². The summed E-state index contributed by atoms with van der Waals surface area (Å²) in [5.74, 6) is -0.294. The van der Waals surface area contributed by atoms with Gasteiger partial charge in [0.25, 0.3) is 0 Å². The van der Waals surface area contributed by atoms with Gasteiger partial charge in [-0.1, -0.05) is 0 Å². The quantitative estimate of drug-likeness (QED) is 0.409. The number of methoxy groups -OCH3 is 1. The summed E-state index contributed by atoms with van der Waals surface area (Å²) < 4.78 is 14.7. The van der Waals surface area contributed by atoms with E-state index in [1.807, 2.05) is 6.92 Å². The van der Waals surface area contributed by atoms with E-state index < -0.39 is 0 Å². The normalized spacial score (nSPS) is 46.7. The van der Waals surface area contributed by atoms with E-state index in [0.717, 1.165) is 0 Å². The maximum absolute atomic E-state index is 10.8. The molecular formula is C7H10O4. The Morgan fingerprint density at radius 3 is 2.45 bits per heavy atom. The van der Waals surface area contributed by atoms with E-state index in [0.29, 0.717) is 0 Å². The van der Waals surface area contributed by atoms with E-state index in [4.69, 9.17) is 9.47 Å². The highest BCUT2D eigenvalue weighted by molar-refractivity contribution is 5.78. The van der Waals surface area contributed by atoms with Crippen LogP contribution in [0.4, 0.5) is 0 Å². The van der Waals surface area contributed by atoms with Gasteiger partial charge in [-0.05, 0) is 6.92 Å². The first kappa shape index (κ1) is 7.06. The standard InChI is InChI=1S/C7H10O4/c1-3-4(10-3)5-6(11-5)7(8)9-2/h3-6H,1-2H3/t3-,4-,5+,6+/m0/s1. The minimum Gasteiger partial charge on any atom is -0.467 e. The van der Waals surface area contributed by atoms with Gasteiger partial charge in [0.15, 0.2) is 6.10 Å². The SMILES string of the molecule is COC(=O)[C@@H]1O[C@@H]1[C@H]1O[C@H]1C. The number of esters is 1. The molecule has 0 amide bonds. The van der Waals surface area contributed by atoms with Crippen molar-refractivity contribution in [3.8, 4) is 0 Å². The zero-order valence-corrected chi connectivity index (χ0v) is 6.44. The Morgan fingerprint density at radius 1 is 1.36 bits per heavy atom. The largest absolute Gasteiger partial charge is 0.467 e. The van der Waals surface area contributed by atoms with Crippen molar-refractivity contribution in [1.29, 1.82) is 0 Å². The van der Waals surface area contributed by atoms with Gasteiger partial charge in [-0.15, -0.1) is 0 Å². The van der Waals surface area contributed by atoms with Crippen LogP contribution in [0.3, 0.4) is 0 Å². The van der Waals surface area contributed by atoms with Gasteiger partial charge in [0, 0.05) is 0 Å². The number of carbonyl (C=O) groups is 1. The molecule has 4 heteroatoms. The highest BCUT2D eigenvalue weighted by Crippen LogP contribution is 2.38. The highest BCUT2D eigenvalue weighted by atomic mass is 16.7. The average Bonchev–Trinajstić information content (AvgIpc) is 2.81. The third kappa shape index (κ3) is 1.12. The number of rotatable bonds is 2. The van der Waals surface area contributed by atoms with Crippen LogP contribution in [-0.4, -0.2) is 37.5 Å². The molecule has 2 aliphatic rings. The first-order valence-electron chi connectivity index (χ1n) is 3.63. The van der Waals surface area contributed by atoms with Crippen LogP contribution in [0.1, 0.15) is 6.92 Å². The van der Waals surface area contributed by atoms with E-state index in [1.165, 1.54) is 7.11 Å². The fourth-order valence-electron chi connectivity index (χ4n) is 1.23. The van der Waals surface area contributed by atoms with Crippen LogP contribution in [0.25, 0.3) is 0 Å². The molecule has 62 valence electrons. The lowest BCUT2D eigenvalue weighted by Gasteiger charge is -1.89. The lowest BCUT2D eigenvalue weighted by Crippen LogP contribution is -2.14. The van der Waals surface area contributed by atoms with Crippen molar-refractivity contribution in [3.63, 3.8) is 0 Å². The van der Waals surface area contributed by atoms with Gasteiger partial charge in [-0.2, -0.15) is 0 Å².